The Morgan fingerprint density at radius 1 is 1.33 bits per heavy atom. The van der Waals surface area contributed by atoms with E-state index in [0.717, 1.165) is 11.3 Å². The summed E-state index contributed by atoms with van der Waals surface area (Å²) in [5.74, 6) is -0.201. The molecule has 0 saturated carbocycles. The Morgan fingerprint density at radius 3 is 2.67 bits per heavy atom. The van der Waals surface area contributed by atoms with Crippen molar-refractivity contribution in [1.29, 1.82) is 0 Å². The fourth-order valence-electron chi connectivity index (χ4n) is 1.69. The van der Waals surface area contributed by atoms with Crippen LogP contribution in [0.1, 0.15) is 21.5 Å². The summed E-state index contributed by atoms with van der Waals surface area (Å²) in [5, 5.41) is 4.12. The lowest BCUT2D eigenvalue weighted by atomic mass is 10.1. The van der Waals surface area contributed by atoms with Crippen molar-refractivity contribution in [2.75, 3.05) is 12.8 Å². The molecule has 0 bridgehead atoms. The second kappa shape index (κ2) is 4.52. The molecule has 0 amide bonds. The van der Waals surface area contributed by atoms with Crippen molar-refractivity contribution < 1.29 is 9.53 Å². The quantitative estimate of drug-likeness (QED) is 0.820. The number of aromatic nitrogens is 2. The number of esters is 1. The van der Waals surface area contributed by atoms with Crippen LogP contribution in [0.3, 0.4) is 0 Å². The molecule has 2 aromatic rings. The number of methoxy groups -OCH3 is 1. The van der Waals surface area contributed by atoms with Crippen molar-refractivity contribution in [3.63, 3.8) is 0 Å². The number of carbonyl (C=O) groups is 1. The first kappa shape index (κ1) is 12.2. The number of nitrogen functional groups attached to an aromatic ring is 1. The molecule has 0 aliphatic rings. The van der Waals surface area contributed by atoms with Gasteiger partial charge in [-0.05, 0) is 37.1 Å². The minimum Gasteiger partial charge on any atom is -0.465 e. The topological polar surface area (TPSA) is 70.1 Å². The van der Waals surface area contributed by atoms with Gasteiger partial charge in [0.25, 0.3) is 0 Å². The van der Waals surface area contributed by atoms with Crippen LogP contribution < -0.4 is 5.73 Å². The maximum absolute atomic E-state index is 11.4. The van der Waals surface area contributed by atoms with Crippen LogP contribution in [0.15, 0.2) is 24.4 Å². The van der Waals surface area contributed by atoms with Crippen LogP contribution in [-0.2, 0) is 4.74 Å². The molecule has 0 unspecified atom stereocenters. The van der Waals surface area contributed by atoms with Crippen molar-refractivity contribution in [3.8, 4) is 5.69 Å². The maximum Gasteiger partial charge on any atom is 0.343 e. The van der Waals surface area contributed by atoms with Gasteiger partial charge in [0.2, 0.25) is 0 Å². The van der Waals surface area contributed by atoms with Gasteiger partial charge in [-0.2, -0.15) is 5.10 Å². The lowest BCUT2D eigenvalue weighted by Gasteiger charge is -2.07. The van der Waals surface area contributed by atoms with E-state index in [2.05, 4.69) is 9.84 Å². The lowest BCUT2D eigenvalue weighted by Crippen LogP contribution is -2.07. The van der Waals surface area contributed by atoms with Crippen molar-refractivity contribution in [2.24, 2.45) is 0 Å². The van der Waals surface area contributed by atoms with E-state index in [1.807, 2.05) is 32.0 Å². The standard InChI is InChI=1S/C13H15N3O2/c1-8-4-5-10(6-9(8)2)16-12(14)11(7-15-16)13(17)18-3/h4-7H,14H2,1-3H3. The first-order chi connectivity index (χ1) is 8.54. The van der Waals surface area contributed by atoms with Gasteiger partial charge in [-0.15, -0.1) is 0 Å². The number of nitrogens with zero attached hydrogens (tertiary/aromatic N) is 2. The molecule has 1 aromatic heterocycles. The van der Waals surface area contributed by atoms with Gasteiger partial charge in [-0.3, -0.25) is 0 Å². The molecule has 0 fully saturated rings. The van der Waals surface area contributed by atoms with E-state index >= 15 is 0 Å². The van der Waals surface area contributed by atoms with E-state index in [4.69, 9.17) is 5.73 Å². The van der Waals surface area contributed by atoms with Crippen molar-refractivity contribution in [2.45, 2.75) is 13.8 Å². The summed E-state index contributed by atoms with van der Waals surface area (Å²) in [6.45, 7) is 4.05. The molecule has 0 atom stereocenters. The lowest BCUT2D eigenvalue weighted by molar-refractivity contribution is 0.0602. The SMILES string of the molecule is COC(=O)c1cnn(-c2ccc(C)c(C)c2)c1N. The molecule has 0 spiro atoms. The van der Waals surface area contributed by atoms with E-state index < -0.39 is 5.97 Å². The van der Waals surface area contributed by atoms with Gasteiger partial charge in [-0.1, -0.05) is 6.07 Å². The van der Waals surface area contributed by atoms with Crippen molar-refractivity contribution in [1.82, 2.24) is 9.78 Å². The molecular weight excluding hydrogens is 230 g/mol. The summed E-state index contributed by atoms with van der Waals surface area (Å²) in [6, 6.07) is 5.87. The molecule has 2 rings (SSSR count). The zero-order chi connectivity index (χ0) is 13.3. The number of anilines is 1. The summed E-state index contributed by atoms with van der Waals surface area (Å²) in [4.78, 5) is 11.4. The highest BCUT2D eigenvalue weighted by Gasteiger charge is 2.16. The van der Waals surface area contributed by atoms with Crippen LogP contribution in [0.2, 0.25) is 0 Å². The van der Waals surface area contributed by atoms with Crippen LogP contribution in [-0.4, -0.2) is 22.9 Å². The number of nitrogens with two attached hydrogens (primary N) is 1. The average Bonchev–Trinajstić information content (AvgIpc) is 2.74. The zero-order valence-electron chi connectivity index (χ0n) is 10.6. The van der Waals surface area contributed by atoms with Crippen molar-refractivity contribution in [3.05, 3.63) is 41.1 Å². The molecular formula is C13H15N3O2. The third kappa shape index (κ3) is 1.95. The Hall–Kier alpha value is -2.30. The Kier molecular flexibility index (Phi) is 3.06. The number of benzene rings is 1. The van der Waals surface area contributed by atoms with E-state index in [1.54, 1.807) is 0 Å². The molecule has 18 heavy (non-hydrogen) atoms. The molecule has 0 saturated heterocycles. The number of rotatable bonds is 2. The smallest absolute Gasteiger partial charge is 0.343 e. The second-order valence-corrected chi connectivity index (χ2v) is 4.12. The first-order valence-electron chi connectivity index (χ1n) is 5.54. The summed E-state index contributed by atoms with van der Waals surface area (Å²) >= 11 is 0. The third-order valence-corrected chi connectivity index (χ3v) is 2.95. The molecule has 94 valence electrons. The minimum atomic E-state index is -0.484. The maximum atomic E-state index is 11.4. The number of ether oxygens (including phenoxy) is 1. The van der Waals surface area contributed by atoms with Gasteiger partial charge >= 0.3 is 5.97 Å². The Labute approximate surface area is 105 Å². The van der Waals surface area contributed by atoms with Gasteiger partial charge in [0.05, 0.1) is 19.0 Å². The highest BCUT2D eigenvalue weighted by atomic mass is 16.5. The summed E-state index contributed by atoms with van der Waals surface area (Å²) in [7, 11) is 1.31. The third-order valence-electron chi connectivity index (χ3n) is 2.95. The van der Waals surface area contributed by atoms with Crippen LogP contribution in [0, 0.1) is 13.8 Å². The molecule has 0 aliphatic heterocycles. The van der Waals surface area contributed by atoms with Crippen LogP contribution in [0.5, 0.6) is 0 Å². The second-order valence-electron chi connectivity index (χ2n) is 4.12. The number of aryl methyl sites for hydroxylation is 2. The fraction of sp³-hybridized carbons (Fsp3) is 0.231. The molecule has 0 aliphatic carbocycles. The minimum absolute atomic E-state index is 0.274. The Bertz CT molecular complexity index is 602. The van der Waals surface area contributed by atoms with E-state index in [0.29, 0.717) is 0 Å². The molecule has 1 heterocycles. The molecule has 5 nitrogen and oxygen atoms in total. The van der Waals surface area contributed by atoms with Crippen molar-refractivity contribution >= 4 is 11.8 Å². The van der Waals surface area contributed by atoms with E-state index in [1.165, 1.54) is 23.6 Å². The van der Waals surface area contributed by atoms with Gasteiger partial charge < -0.3 is 10.5 Å². The van der Waals surface area contributed by atoms with Gasteiger partial charge in [-0.25, -0.2) is 9.48 Å². The van der Waals surface area contributed by atoms with Crippen LogP contribution >= 0.6 is 0 Å². The van der Waals surface area contributed by atoms with Gasteiger partial charge in [0.15, 0.2) is 0 Å². The largest absolute Gasteiger partial charge is 0.465 e. The predicted molar refractivity (Wildman–Crippen MR) is 68.8 cm³/mol. The summed E-state index contributed by atoms with van der Waals surface area (Å²) < 4.78 is 6.16. The van der Waals surface area contributed by atoms with Crippen LogP contribution in [0.25, 0.3) is 5.69 Å². The van der Waals surface area contributed by atoms with Gasteiger partial charge in [0.1, 0.15) is 11.4 Å². The van der Waals surface area contributed by atoms with E-state index in [-0.39, 0.29) is 11.4 Å². The number of hydrogen-bond acceptors (Lipinski definition) is 4. The molecule has 2 N–H and O–H groups in total. The molecule has 5 heteroatoms. The number of carbonyl (C=O) groups excluding carboxylic acids is 1. The summed E-state index contributed by atoms with van der Waals surface area (Å²) in [5.41, 5.74) is 9.33. The van der Waals surface area contributed by atoms with Crippen LogP contribution in [0.4, 0.5) is 5.82 Å². The predicted octanol–water partition coefficient (Wildman–Crippen LogP) is 1.86. The Morgan fingerprint density at radius 2 is 2.06 bits per heavy atom. The van der Waals surface area contributed by atoms with Gasteiger partial charge in [0, 0.05) is 0 Å². The monoisotopic (exact) mass is 245 g/mol. The molecule has 0 radical (unpaired) electrons. The summed E-state index contributed by atoms with van der Waals surface area (Å²) in [6.07, 6.45) is 1.41. The molecule has 1 aromatic carbocycles. The fourth-order valence-corrected chi connectivity index (χ4v) is 1.69. The highest BCUT2D eigenvalue weighted by Crippen LogP contribution is 2.19. The highest BCUT2D eigenvalue weighted by molar-refractivity contribution is 5.94. The normalized spacial score (nSPS) is 10.4. The average molecular weight is 245 g/mol. The first-order valence-corrected chi connectivity index (χ1v) is 5.54. The zero-order valence-corrected chi connectivity index (χ0v) is 10.6. The number of hydrogen-bond donors (Lipinski definition) is 1. The van der Waals surface area contributed by atoms with E-state index in [9.17, 15) is 4.79 Å². The Balaban J connectivity index is 2.48.